The van der Waals surface area contributed by atoms with Gasteiger partial charge >= 0.3 is 19.8 Å². The normalized spacial score (nSPS) is 15.1. The summed E-state index contributed by atoms with van der Waals surface area (Å²) < 4.78 is 31.5. The van der Waals surface area contributed by atoms with Gasteiger partial charge in [0.15, 0.2) is 0 Å². The van der Waals surface area contributed by atoms with Gasteiger partial charge in [0, 0.05) is 12.8 Å². The molecule has 3 N–H and O–H groups in total. The summed E-state index contributed by atoms with van der Waals surface area (Å²) in [5.41, 5.74) is 0. The van der Waals surface area contributed by atoms with E-state index in [1.807, 2.05) is 0 Å². The van der Waals surface area contributed by atoms with Crippen LogP contribution in [0.4, 0.5) is 0 Å². The largest absolute Gasteiger partial charge is 0.472 e. The molecule has 3 unspecified atom stereocenters. The van der Waals surface area contributed by atoms with Crippen molar-refractivity contribution in [1.82, 2.24) is 0 Å². The molecule has 0 bridgehead atoms. The number of ether oxygens (including phenoxy) is 2. The average molecular weight is 617 g/mol. The van der Waals surface area contributed by atoms with Gasteiger partial charge in [0.1, 0.15) is 12.2 Å². The van der Waals surface area contributed by atoms with Gasteiger partial charge in [-0.3, -0.25) is 18.6 Å². The van der Waals surface area contributed by atoms with Gasteiger partial charge in [-0.15, -0.1) is 0 Å². The molecule has 3 atom stereocenters. The van der Waals surface area contributed by atoms with E-state index in [9.17, 15) is 29.3 Å². The molecule has 0 aliphatic heterocycles. The molecule has 0 heterocycles. The number of allylic oxidation sites excluding steroid dienone is 8. The molecular formula is C31H53O10P. The van der Waals surface area contributed by atoms with Crippen molar-refractivity contribution in [3.8, 4) is 0 Å². The zero-order chi connectivity index (χ0) is 31.3. The summed E-state index contributed by atoms with van der Waals surface area (Å²) in [5.74, 6) is -1.13. The predicted molar refractivity (Wildman–Crippen MR) is 164 cm³/mol. The Labute approximate surface area is 252 Å². The number of esters is 2. The van der Waals surface area contributed by atoms with Crippen LogP contribution in [0.5, 0.6) is 0 Å². The molecule has 0 aromatic rings. The van der Waals surface area contributed by atoms with Crippen molar-refractivity contribution in [1.29, 1.82) is 0 Å². The quantitative estimate of drug-likeness (QED) is 0.0418. The van der Waals surface area contributed by atoms with Gasteiger partial charge in [0.25, 0.3) is 0 Å². The third-order valence-corrected chi connectivity index (χ3v) is 6.81. The fourth-order valence-electron chi connectivity index (χ4n) is 3.49. The second-order valence-electron chi connectivity index (χ2n) is 9.66. The molecular weight excluding hydrogens is 563 g/mol. The Balaban J connectivity index is 3.88. The van der Waals surface area contributed by atoms with Gasteiger partial charge in [0.05, 0.1) is 26.4 Å². The Morgan fingerprint density at radius 2 is 1.12 bits per heavy atom. The molecule has 0 radical (unpaired) electrons. The first-order chi connectivity index (χ1) is 20.3. The standard InChI is InChI=1S/C31H53O10P/c1-3-5-6-7-8-9-10-11-12-13-14-15-16-17-18-19-20-21-22-23-31(35)41-29(25-33)27-39-42(36,37)38-26-28(24-32)40-30(34)4-2/h5-6,8-9,11-12,14-15,28-29,32-33H,3-4,7,10,13,16-27H2,1-2H3,(H,36,37)/b6-5-,9-8-,12-11-,15-14-. The van der Waals surface area contributed by atoms with Crippen LogP contribution in [0.3, 0.4) is 0 Å². The number of aliphatic hydroxyl groups is 2. The Bertz CT molecular complexity index is 853. The minimum absolute atomic E-state index is 0.0700. The van der Waals surface area contributed by atoms with E-state index in [0.29, 0.717) is 6.42 Å². The Hall–Kier alpha value is -2.07. The molecule has 10 nitrogen and oxygen atoms in total. The molecule has 0 saturated carbocycles. The van der Waals surface area contributed by atoms with Crippen molar-refractivity contribution in [2.45, 2.75) is 110 Å². The Morgan fingerprint density at radius 1 is 0.667 bits per heavy atom. The average Bonchev–Trinajstić information content (AvgIpc) is 2.98. The molecule has 0 aliphatic rings. The summed E-state index contributed by atoms with van der Waals surface area (Å²) in [4.78, 5) is 33.1. The Morgan fingerprint density at radius 3 is 1.62 bits per heavy atom. The number of hydrogen-bond donors (Lipinski definition) is 3. The number of unbranched alkanes of at least 4 members (excludes halogenated alkanes) is 6. The maximum Gasteiger partial charge on any atom is 0.472 e. The molecule has 242 valence electrons. The number of phosphoric acid groups is 1. The Kier molecular flexibility index (Phi) is 26.4. The number of rotatable bonds is 27. The molecule has 0 fully saturated rings. The van der Waals surface area contributed by atoms with E-state index in [1.165, 1.54) is 0 Å². The van der Waals surface area contributed by atoms with Crippen LogP contribution in [0.25, 0.3) is 0 Å². The van der Waals surface area contributed by atoms with Gasteiger partial charge in [-0.25, -0.2) is 4.57 Å². The van der Waals surface area contributed by atoms with Crippen LogP contribution in [-0.4, -0.2) is 65.7 Å². The van der Waals surface area contributed by atoms with Crippen LogP contribution in [0.1, 0.15) is 97.3 Å². The smallest absolute Gasteiger partial charge is 0.457 e. The summed E-state index contributed by atoms with van der Waals surface area (Å²) in [6.45, 7) is 1.37. The highest BCUT2D eigenvalue weighted by Gasteiger charge is 2.27. The van der Waals surface area contributed by atoms with Gasteiger partial charge in [-0.2, -0.15) is 0 Å². The molecule has 0 saturated heterocycles. The van der Waals surface area contributed by atoms with E-state index < -0.39 is 58.4 Å². The SMILES string of the molecule is CC/C=C\C/C=C\C/C=C\C/C=C\CCCCCCCCC(=O)OC(CO)COP(=O)(O)OCC(CO)OC(=O)CC. The third-order valence-electron chi connectivity index (χ3n) is 5.86. The van der Waals surface area contributed by atoms with Crippen molar-refractivity contribution in [3.63, 3.8) is 0 Å². The van der Waals surface area contributed by atoms with Gasteiger partial charge in [-0.05, 0) is 44.9 Å². The molecule has 0 amide bonds. The zero-order valence-electron chi connectivity index (χ0n) is 25.4. The lowest BCUT2D eigenvalue weighted by Gasteiger charge is -2.20. The van der Waals surface area contributed by atoms with Crippen LogP contribution in [0.2, 0.25) is 0 Å². The van der Waals surface area contributed by atoms with Crippen LogP contribution in [0, 0.1) is 0 Å². The second-order valence-corrected chi connectivity index (χ2v) is 11.1. The van der Waals surface area contributed by atoms with Crippen LogP contribution < -0.4 is 0 Å². The highest BCUT2D eigenvalue weighted by atomic mass is 31.2. The van der Waals surface area contributed by atoms with Gasteiger partial charge in [0.2, 0.25) is 0 Å². The number of carbonyl (C=O) groups excluding carboxylic acids is 2. The summed E-state index contributed by atoms with van der Waals surface area (Å²) in [7, 11) is -4.60. The minimum atomic E-state index is -4.60. The molecule has 0 spiro atoms. The molecule has 0 rings (SSSR count). The van der Waals surface area contributed by atoms with Crippen molar-refractivity contribution in [2.24, 2.45) is 0 Å². The number of phosphoric ester groups is 1. The molecule has 11 heteroatoms. The third kappa shape index (κ3) is 25.6. The number of carbonyl (C=O) groups is 2. The lowest BCUT2D eigenvalue weighted by Crippen LogP contribution is -2.28. The maximum absolute atomic E-state index is 12.1. The summed E-state index contributed by atoms with van der Waals surface area (Å²) >= 11 is 0. The van der Waals surface area contributed by atoms with E-state index in [0.717, 1.165) is 64.2 Å². The number of aliphatic hydroxyl groups excluding tert-OH is 2. The van der Waals surface area contributed by atoms with Crippen molar-refractivity contribution < 1.29 is 47.8 Å². The number of hydrogen-bond acceptors (Lipinski definition) is 9. The maximum atomic E-state index is 12.1. The molecule has 0 aromatic heterocycles. The van der Waals surface area contributed by atoms with Crippen molar-refractivity contribution in [3.05, 3.63) is 48.6 Å². The first-order valence-electron chi connectivity index (χ1n) is 15.1. The van der Waals surface area contributed by atoms with Crippen LogP contribution in [0.15, 0.2) is 48.6 Å². The van der Waals surface area contributed by atoms with Gasteiger partial charge < -0.3 is 24.6 Å². The van der Waals surface area contributed by atoms with E-state index in [1.54, 1.807) is 6.92 Å². The minimum Gasteiger partial charge on any atom is -0.457 e. The lowest BCUT2D eigenvalue weighted by molar-refractivity contribution is -0.153. The van der Waals surface area contributed by atoms with Crippen LogP contribution >= 0.6 is 7.82 Å². The fraction of sp³-hybridized carbons (Fsp3) is 0.677. The lowest BCUT2D eigenvalue weighted by atomic mass is 10.1. The van der Waals surface area contributed by atoms with Gasteiger partial charge in [-0.1, -0.05) is 88.1 Å². The van der Waals surface area contributed by atoms with E-state index in [-0.39, 0.29) is 12.8 Å². The summed E-state index contributed by atoms with van der Waals surface area (Å²) in [6, 6.07) is 0. The molecule has 42 heavy (non-hydrogen) atoms. The molecule has 0 aromatic carbocycles. The first-order valence-corrected chi connectivity index (χ1v) is 16.6. The fourth-order valence-corrected chi connectivity index (χ4v) is 4.27. The first kappa shape index (κ1) is 39.9. The monoisotopic (exact) mass is 616 g/mol. The van der Waals surface area contributed by atoms with Crippen molar-refractivity contribution >= 4 is 19.8 Å². The second kappa shape index (κ2) is 27.7. The zero-order valence-corrected chi connectivity index (χ0v) is 26.3. The van der Waals surface area contributed by atoms with E-state index >= 15 is 0 Å². The molecule has 0 aliphatic carbocycles. The van der Waals surface area contributed by atoms with E-state index in [2.05, 4.69) is 55.5 Å². The topological polar surface area (TPSA) is 149 Å². The summed E-state index contributed by atoms with van der Waals surface area (Å²) in [6.07, 6.45) is 26.5. The van der Waals surface area contributed by atoms with Crippen molar-refractivity contribution in [2.75, 3.05) is 26.4 Å². The highest BCUT2D eigenvalue weighted by molar-refractivity contribution is 7.47. The predicted octanol–water partition coefficient (Wildman–Crippen LogP) is 6.26. The summed E-state index contributed by atoms with van der Waals surface area (Å²) in [5, 5.41) is 18.6. The highest BCUT2D eigenvalue weighted by Crippen LogP contribution is 2.43. The van der Waals surface area contributed by atoms with Crippen LogP contribution in [-0.2, 0) is 32.7 Å². The van der Waals surface area contributed by atoms with E-state index in [4.69, 9.17) is 18.5 Å².